The number of fused-ring (bicyclic) bond motifs is 1. The van der Waals surface area contributed by atoms with Crippen LogP contribution < -0.4 is 4.90 Å². The Morgan fingerprint density at radius 2 is 1.93 bits per heavy atom. The first-order chi connectivity index (χ1) is 13.4. The lowest BCUT2D eigenvalue weighted by Crippen LogP contribution is -2.49. The molecule has 28 heavy (non-hydrogen) atoms. The van der Waals surface area contributed by atoms with E-state index < -0.39 is 18.0 Å². The molecule has 1 fully saturated rings. The third-order valence-corrected chi connectivity index (χ3v) is 4.71. The van der Waals surface area contributed by atoms with E-state index in [0.29, 0.717) is 55.9 Å². The van der Waals surface area contributed by atoms with Crippen molar-refractivity contribution in [1.29, 1.82) is 0 Å². The molecule has 0 radical (unpaired) electrons. The maximum atomic E-state index is 13.3. The van der Waals surface area contributed by atoms with E-state index in [1.807, 2.05) is 4.90 Å². The number of pyridine rings is 1. The predicted octanol–water partition coefficient (Wildman–Crippen LogP) is 2.94. The van der Waals surface area contributed by atoms with E-state index in [1.54, 1.807) is 30.3 Å². The number of anilines is 1. The van der Waals surface area contributed by atoms with Crippen molar-refractivity contribution >= 4 is 16.6 Å². The van der Waals surface area contributed by atoms with E-state index in [2.05, 4.69) is 16.5 Å². The van der Waals surface area contributed by atoms with Gasteiger partial charge in [-0.15, -0.1) is 6.58 Å². The van der Waals surface area contributed by atoms with Gasteiger partial charge in [-0.1, -0.05) is 24.3 Å². The zero-order chi connectivity index (χ0) is 20.1. The van der Waals surface area contributed by atoms with Crippen molar-refractivity contribution in [1.82, 2.24) is 9.88 Å². The molecule has 1 unspecified atom stereocenters. The average Bonchev–Trinajstić information content (AvgIpc) is 2.67. The van der Waals surface area contributed by atoms with E-state index in [1.165, 1.54) is 0 Å². The number of aliphatic hydroxyl groups excluding tert-OH is 1. The van der Waals surface area contributed by atoms with Crippen molar-refractivity contribution in [3.8, 4) is 0 Å². The summed E-state index contributed by atoms with van der Waals surface area (Å²) < 4.78 is 45.0. The van der Waals surface area contributed by atoms with E-state index in [4.69, 9.17) is 4.74 Å². The quantitative estimate of drug-likeness (QED) is 0.577. The number of ether oxygens (including phenoxy) is 1. The van der Waals surface area contributed by atoms with Crippen molar-refractivity contribution < 1.29 is 23.0 Å². The smallest absolute Gasteiger partial charge is 0.389 e. The Labute approximate surface area is 162 Å². The third-order valence-electron chi connectivity index (χ3n) is 4.71. The summed E-state index contributed by atoms with van der Waals surface area (Å²) >= 11 is 0. The molecule has 3 rings (SSSR count). The number of rotatable bonds is 7. The normalized spacial score (nSPS) is 17.1. The molecule has 1 aliphatic heterocycles. The number of benzene rings is 1. The maximum Gasteiger partial charge on any atom is 0.433 e. The van der Waals surface area contributed by atoms with Gasteiger partial charge in [-0.05, 0) is 12.1 Å². The van der Waals surface area contributed by atoms with Crippen LogP contribution in [0.25, 0.3) is 10.9 Å². The molecule has 1 aliphatic rings. The summed E-state index contributed by atoms with van der Waals surface area (Å²) in [6.45, 7) is 7.10. The monoisotopic (exact) mass is 395 g/mol. The van der Waals surface area contributed by atoms with Crippen LogP contribution in [-0.4, -0.2) is 67.0 Å². The summed E-state index contributed by atoms with van der Waals surface area (Å²) in [6, 6.07) is 8.02. The van der Waals surface area contributed by atoms with Crippen LogP contribution in [0.4, 0.5) is 18.9 Å². The molecule has 2 heterocycles. The van der Waals surface area contributed by atoms with Gasteiger partial charge < -0.3 is 14.7 Å². The fourth-order valence-corrected chi connectivity index (χ4v) is 3.37. The standard InChI is InChI=1S/C20H24F3N3O2/c1-2-11-28-14-15(27)13-25-7-9-26(10-8-25)18-12-19(20(21,22)23)24-17-6-4-3-5-16(17)18/h2-6,12,15,27H,1,7-11,13-14H2. The van der Waals surface area contributed by atoms with E-state index in [9.17, 15) is 18.3 Å². The van der Waals surface area contributed by atoms with Crippen molar-refractivity contribution in [3.63, 3.8) is 0 Å². The summed E-state index contributed by atoms with van der Waals surface area (Å²) in [5.41, 5.74) is 0.00963. The number of aliphatic hydroxyl groups is 1. The minimum Gasteiger partial charge on any atom is -0.389 e. The highest BCUT2D eigenvalue weighted by molar-refractivity contribution is 5.92. The lowest BCUT2D eigenvalue weighted by Gasteiger charge is -2.37. The summed E-state index contributed by atoms with van der Waals surface area (Å²) in [5, 5.41) is 10.7. The summed E-state index contributed by atoms with van der Waals surface area (Å²) in [6.07, 6.45) is -3.47. The lowest BCUT2D eigenvalue weighted by molar-refractivity contribution is -0.140. The largest absolute Gasteiger partial charge is 0.433 e. The van der Waals surface area contributed by atoms with Gasteiger partial charge in [-0.2, -0.15) is 13.2 Å². The SMILES string of the molecule is C=CCOCC(O)CN1CCN(c2cc(C(F)(F)F)nc3ccccc23)CC1. The Bertz CT molecular complexity index is 805. The van der Waals surface area contributed by atoms with Crippen LogP contribution in [0, 0.1) is 0 Å². The second-order valence-electron chi connectivity index (χ2n) is 6.81. The highest BCUT2D eigenvalue weighted by Crippen LogP contribution is 2.34. The zero-order valence-electron chi connectivity index (χ0n) is 15.5. The topological polar surface area (TPSA) is 48.8 Å². The zero-order valence-corrected chi connectivity index (χ0v) is 15.5. The number of para-hydroxylation sites is 1. The molecule has 1 aromatic heterocycles. The van der Waals surface area contributed by atoms with Gasteiger partial charge in [0, 0.05) is 43.8 Å². The second-order valence-corrected chi connectivity index (χ2v) is 6.81. The molecule has 0 bridgehead atoms. The molecule has 0 spiro atoms. The molecule has 0 aliphatic carbocycles. The van der Waals surface area contributed by atoms with Crippen molar-refractivity contribution in [2.45, 2.75) is 12.3 Å². The second kappa shape index (κ2) is 8.89. The first-order valence-corrected chi connectivity index (χ1v) is 9.19. The molecule has 152 valence electrons. The van der Waals surface area contributed by atoms with E-state index >= 15 is 0 Å². The Morgan fingerprint density at radius 3 is 2.61 bits per heavy atom. The number of piperazine rings is 1. The Morgan fingerprint density at radius 1 is 1.21 bits per heavy atom. The average molecular weight is 395 g/mol. The van der Waals surface area contributed by atoms with Crippen molar-refractivity contribution in [3.05, 3.63) is 48.7 Å². The minimum absolute atomic E-state index is 0.232. The number of halogens is 3. The van der Waals surface area contributed by atoms with Crippen LogP contribution in [0.15, 0.2) is 43.0 Å². The number of β-amino-alcohol motifs (C(OH)–C–C–N with tert-alkyl or cyclic N) is 1. The highest BCUT2D eigenvalue weighted by atomic mass is 19.4. The molecule has 0 saturated carbocycles. The number of nitrogens with zero attached hydrogens (tertiary/aromatic N) is 3. The first kappa shape index (κ1) is 20.6. The molecule has 0 amide bonds. The van der Waals surface area contributed by atoms with Gasteiger partial charge in [0.2, 0.25) is 0 Å². The first-order valence-electron chi connectivity index (χ1n) is 9.19. The van der Waals surface area contributed by atoms with Crippen LogP contribution in [0.2, 0.25) is 0 Å². The fourth-order valence-electron chi connectivity index (χ4n) is 3.37. The van der Waals surface area contributed by atoms with Gasteiger partial charge >= 0.3 is 6.18 Å². The number of hydrogen-bond donors (Lipinski definition) is 1. The Kier molecular flexibility index (Phi) is 6.53. The van der Waals surface area contributed by atoms with Crippen molar-refractivity contribution in [2.75, 3.05) is 50.8 Å². The van der Waals surface area contributed by atoms with Crippen molar-refractivity contribution in [2.24, 2.45) is 0 Å². The van der Waals surface area contributed by atoms with Gasteiger partial charge in [0.25, 0.3) is 0 Å². The predicted molar refractivity (Wildman–Crippen MR) is 102 cm³/mol. The molecule has 5 nitrogen and oxygen atoms in total. The van der Waals surface area contributed by atoms with Gasteiger partial charge in [0.15, 0.2) is 0 Å². The summed E-state index contributed by atoms with van der Waals surface area (Å²) in [5.74, 6) is 0. The van der Waals surface area contributed by atoms with Gasteiger partial charge in [-0.3, -0.25) is 4.90 Å². The van der Waals surface area contributed by atoms with E-state index in [0.717, 1.165) is 6.07 Å². The lowest BCUT2D eigenvalue weighted by atomic mass is 10.1. The Balaban J connectivity index is 1.70. The van der Waals surface area contributed by atoms with Crippen LogP contribution in [0.1, 0.15) is 5.69 Å². The minimum atomic E-state index is -4.49. The van der Waals surface area contributed by atoms with Crippen LogP contribution in [0.5, 0.6) is 0 Å². The molecular formula is C20H24F3N3O2. The van der Waals surface area contributed by atoms with Gasteiger partial charge in [-0.25, -0.2) is 4.98 Å². The molecule has 1 aromatic carbocycles. The van der Waals surface area contributed by atoms with E-state index in [-0.39, 0.29) is 6.61 Å². The molecule has 1 saturated heterocycles. The molecule has 1 atom stereocenters. The van der Waals surface area contributed by atoms with Gasteiger partial charge in [0.1, 0.15) is 5.69 Å². The number of aromatic nitrogens is 1. The molecular weight excluding hydrogens is 371 g/mol. The fraction of sp³-hybridized carbons (Fsp3) is 0.450. The molecule has 1 N–H and O–H groups in total. The number of alkyl halides is 3. The maximum absolute atomic E-state index is 13.3. The summed E-state index contributed by atoms with van der Waals surface area (Å²) in [4.78, 5) is 7.82. The highest BCUT2D eigenvalue weighted by Gasteiger charge is 2.34. The van der Waals surface area contributed by atoms with Gasteiger partial charge in [0.05, 0.1) is 24.8 Å². The van der Waals surface area contributed by atoms with Crippen LogP contribution in [0.3, 0.4) is 0 Å². The summed E-state index contributed by atoms with van der Waals surface area (Å²) in [7, 11) is 0. The molecule has 8 heteroatoms. The van der Waals surface area contributed by atoms with Crippen LogP contribution >= 0.6 is 0 Å². The molecule has 2 aromatic rings. The number of hydrogen-bond acceptors (Lipinski definition) is 5. The Hall–Kier alpha value is -2.16. The van der Waals surface area contributed by atoms with Crippen LogP contribution in [-0.2, 0) is 10.9 Å². The third kappa shape index (κ3) is 5.01.